The van der Waals surface area contributed by atoms with Crippen LogP contribution in [0.25, 0.3) is 0 Å². The van der Waals surface area contributed by atoms with E-state index in [-0.39, 0.29) is 13.6 Å². The van der Waals surface area contributed by atoms with Gasteiger partial charge in [0.2, 0.25) is 13.6 Å². The van der Waals surface area contributed by atoms with E-state index in [1.807, 2.05) is 37.3 Å². The zero-order valence-electron chi connectivity index (χ0n) is 22.6. The number of ether oxygens (including phenoxy) is 5. The van der Waals surface area contributed by atoms with E-state index >= 15 is 0 Å². The fraction of sp³-hybridized carbons (Fsp3) is 0.444. The molecule has 41 heavy (non-hydrogen) atoms. The zero-order valence-corrected chi connectivity index (χ0v) is 22.6. The minimum Gasteiger partial charge on any atom is -0.493 e. The summed E-state index contributed by atoms with van der Waals surface area (Å²) in [5.41, 5.74) is -0.659. The van der Waals surface area contributed by atoms with E-state index in [4.69, 9.17) is 44.1 Å². The summed E-state index contributed by atoms with van der Waals surface area (Å²) in [6, 6.07) is 9.76. The van der Waals surface area contributed by atoms with E-state index in [0.29, 0.717) is 32.0 Å². The molecular formula is C27H33NO13. The average Bonchev–Trinajstić information content (AvgIpc) is 3.52. The predicted molar refractivity (Wildman–Crippen MR) is 139 cm³/mol. The lowest BCUT2D eigenvalue weighted by Crippen LogP contribution is -2.42. The van der Waals surface area contributed by atoms with Gasteiger partial charge in [-0.3, -0.25) is 14.5 Å². The largest absolute Gasteiger partial charge is 0.493 e. The molecule has 224 valence electrons. The molecule has 0 aliphatic carbocycles. The smallest absolute Gasteiger partial charge is 0.336 e. The minimum absolute atomic E-state index is 0.221. The van der Waals surface area contributed by atoms with Crippen molar-refractivity contribution in [3.05, 3.63) is 41.5 Å². The molecule has 2 aliphatic heterocycles. The van der Waals surface area contributed by atoms with Gasteiger partial charge in [0, 0.05) is 31.3 Å². The number of carboxylic acid groups (broad SMARTS) is 3. The Hall–Kier alpha value is -4.27. The highest BCUT2D eigenvalue weighted by Crippen LogP contribution is 2.39. The standard InChI is InChI=1S/C21H25NO6.C6H8O7/c1-3-24-18-8-21-20(27-13-28-21)7-16(18)11-22(9-14(2)23)10-15-4-5-17-19(6-15)26-12-25-17;7-3(8)1-6(13,5(11)12)2-4(9)10/h4-8,14,23H,3,9-13H2,1-2H3;13H,1-2H2,(H,7,8)(H,9,10)(H,11,12). The zero-order chi connectivity index (χ0) is 30.2. The van der Waals surface area contributed by atoms with Gasteiger partial charge in [-0.05, 0) is 37.6 Å². The van der Waals surface area contributed by atoms with Crippen LogP contribution in [0.15, 0.2) is 30.3 Å². The number of aliphatic hydroxyl groups is 2. The molecule has 1 unspecified atom stereocenters. The van der Waals surface area contributed by atoms with E-state index in [1.165, 1.54) is 0 Å². The van der Waals surface area contributed by atoms with Crippen molar-refractivity contribution in [1.82, 2.24) is 4.90 Å². The monoisotopic (exact) mass is 579 g/mol. The van der Waals surface area contributed by atoms with E-state index in [2.05, 4.69) is 4.90 Å². The van der Waals surface area contributed by atoms with Crippen LogP contribution in [0.4, 0.5) is 0 Å². The van der Waals surface area contributed by atoms with Crippen LogP contribution in [0.3, 0.4) is 0 Å². The van der Waals surface area contributed by atoms with E-state index in [1.54, 1.807) is 6.92 Å². The van der Waals surface area contributed by atoms with Crippen molar-refractivity contribution in [3.8, 4) is 28.7 Å². The minimum atomic E-state index is -2.74. The van der Waals surface area contributed by atoms with Crippen molar-refractivity contribution in [2.75, 3.05) is 26.7 Å². The average molecular weight is 580 g/mol. The van der Waals surface area contributed by atoms with Crippen LogP contribution in [0, 0.1) is 0 Å². The van der Waals surface area contributed by atoms with Crippen LogP contribution in [-0.2, 0) is 27.5 Å². The Morgan fingerprint density at radius 1 is 0.902 bits per heavy atom. The quantitative estimate of drug-likeness (QED) is 0.229. The molecule has 0 fully saturated rings. The summed E-state index contributed by atoms with van der Waals surface area (Å²) in [7, 11) is 0. The first-order chi connectivity index (χ1) is 19.4. The first-order valence-electron chi connectivity index (χ1n) is 12.6. The van der Waals surface area contributed by atoms with Gasteiger partial charge in [0.25, 0.3) is 0 Å². The molecular weight excluding hydrogens is 546 g/mol. The molecule has 0 bridgehead atoms. The third-order valence-electron chi connectivity index (χ3n) is 5.90. The Morgan fingerprint density at radius 3 is 2.00 bits per heavy atom. The Bertz CT molecular complexity index is 1230. The van der Waals surface area contributed by atoms with Crippen molar-refractivity contribution in [2.45, 2.75) is 51.5 Å². The third kappa shape index (κ3) is 8.86. The Kier molecular flexibility index (Phi) is 10.6. The highest BCUT2D eigenvalue weighted by atomic mass is 16.7. The molecule has 0 spiro atoms. The highest BCUT2D eigenvalue weighted by molar-refractivity contribution is 5.88. The van der Waals surface area contributed by atoms with Gasteiger partial charge < -0.3 is 49.2 Å². The summed E-state index contributed by atoms with van der Waals surface area (Å²) in [5, 5.41) is 43.8. The van der Waals surface area contributed by atoms with E-state index in [9.17, 15) is 19.5 Å². The van der Waals surface area contributed by atoms with Crippen molar-refractivity contribution < 1.29 is 63.6 Å². The van der Waals surface area contributed by atoms with Gasteiger partial charge in [0.1, 0.15) is 5.75 Å². The molecule has 1 atom stereocenters. The second kappa shape index (κ2) is 13.9. The number of carbonyl (C=O) groups is 3. The summed E-state index contributed by atoms with van der Waals surface area (Å²) < 4.78 is 27.7. The van der Waals surface area contributed by atoms with Crippen LogP contribution in [0.2, 0.25) is 0 Å². The molecule has 0 amide bonds. The topological polar surface area (TPSA) is 202 Å². The maximum absolute atomic E-state index is 10.3. The van der Waals surface area contributed by atoms with Crippen molar-refractivity contribution >= 4 is 17.9 Å². The van der Waals surface area contributed by atoms with Crippen LogP contribution >= 0.6 is 0 Å². The maximum atomic E-state index is 10.3. The predicted octanol–water partition coefficient (Wildman–Crippen LogP) is 1.68. The van der Waals surface area contributed by atoms with Crippen LogP contribution in [-0.4, -0.2) is 86.8 Å². The number of benzene rings is 2. The van der Waals surface area contributed by atoms with Crippen LogP contribution in [0.5, 0.6) is 28.7 Å². The molecule has 0 saturated heterocycles. The number of aliphatic carboxylic acids is 3. The second-order valence-electron chi connectivity index (χ2n) is 9.43. The third-order valence-corrected chi connectivity index (χ3v) is 5.90. The molecule has 2 heterocycles. The first kappa shape index (κ1) is 31.3. The number of carboxylic acids is 3. The number of fused-ring (bicyclic) bond motifs is 2. The van der Waals surface area contributed by atoms with Crippen molar-refractivity contribution in [3.63, 3.8) is 0 Å². The van der Waals surface area contributed by atoms with Gasteiger partial charge >= 0.3 is 17.9 Å². The van der Waals surface area contributed by atoms with Crippen LogP contribution < -0.4 is 23.7 Å². The van der Waals surface area contributed by atoms with Gasteiger partial charge in [0.05, 0.1) is 25.6 Å². The molecule has 5 N–H and O–H groups in total. The number of hydrogen-bond donors (Lipinski definition) is 5. The molecule has 4 rings (SSSR count). The highest BCUT2D eigenvalue weighted by Gasteiger charge is 2.40. The normalized spacial score (nSPS) is 13.8. The number of nitrogens with zero attached hydrogens (tertiary/aromatic N) is 1. The summed E-state index contributed by atoms with van der Waals surface area (Å²) in [5.74, 6) is -1.31. The molecule has 0 radical (unpaired) electrons. The Labute approximate surface area is 235 Å². The fourth-order valence-corrected chi connectivity index (χ4v) is 4.19. The fourth-order valence-electron chi connectivity index (χ4n) is 4.19. The van der Waals surface area contributed by atoms with Gasteiger partial charge in [0.15, 0.2) is 28.6 Å². The molecule has 0 saturated carbocycles. The molecule has 14 heteroatoms. The molecule has 2 aliphatic rings. The van der Waals surface area contributed by atoms with E-state index < -0.39 is 42.5 Å². The van der Waals surface area contributed by atoms with Gasteiger partial charge in [-0.1, -0.05) is 6.07 Å². The molecule has 2 aromatic carbocycles. The van der Waals surface area contributed by atoms with Gasteiger partial charge in [-0.25, -0.2) is 4.79 Å². The van der Waals surface area contributed by atoms with Crippen LogP contribution in [0.1, 0.15) is 37.8 Å². The van der Waals surface area contributed by atoms with Gasteiger partial charge in [-0.2, -0.15) is 0 Å². The second-order valence-corrected chi connectivity index (χ2v) is 9.43. The van der Waals surface area contributed by atoms with E-state index in [0.717, 1.165) is 34.1 Å². The summed E-state index contributed by atoms with van der Waals surface area (Å²) in [6.45, 7) is 6.56. The molecule has 0 aromatic heterocycles. The summed E-state index contributed by atoms with van der Waals surface area (Å²) in [4.78, 5) is 32.7. The number of aliphatic hydroxyl groups excluding tert-OH is 1. The summed E-state index contributed by atoms with van der Waals surface area (Å²) in [6.07, 6.45) is -2.75. The van der Waals surface area contributed by atoms with Crippen molar-refractivity contribution in [1.29, 1.82) is 0 Å². The number of rotatable bonds is 13. The number of hydrogen-bond acceptors (Lipinski definition) is 11. The lowest BCUT2D eigenvalue weighted by molar-refractivity contribution is -0.170. The molecule has 2 aromatic rings. The SMILES string of the molecule is CCOc1cc2c(cc1CN(Cc1ccc3c(c1)OCO3)CC(C)O)OCO2.O=C(O)CC(O)(CC(=O)O)C(=O)O. The van der Waals surface area contributed by atoms with Gasteiger partial charge in [-0.15, -0.1) is 0 Å². The first-order valence-corrected chi connectivity index (χ1v) is 12.6. The summed E-state index contributed by atoms with van der Waals surface area (Å²) >= 11 is 0. The van der Waals surface area contributed by atoms with Crippen molar-refractivity contribution in [2.24, 2.45) is 0 Å². The Morgan fingerprint density at radius 2 is 1.46 bits per heavy atom. The molecule has 14 nitrogen and oxygen atoms in total. The Balaban J connectivity index is 0.000000302. The lowest BCUT2D eigenvalue weighted by atomic mass is 9.96. The lowest BCUT2D eigenvalue weighted by Gasteiger charge is -2.25. The maximum Gasteiger partial charge on any atom is 0.336 e.